The molecular weight excluding hydrogens is 288 g/mol. The van der Waals surface area contributed by atoms with E-state index in [1.54, 1.807) is 0 Å². The molecule has 3 heteroatoms. The van der Waals surface area contributed by atoms with Crippen molar-refractivity contribution in [2.45, 2.75) is 51.2 Å². The van der Waals surface area contributed by atoms with Gasteiger partial charge in [0.25, 0.3) is 0 Å². The lowest BCUT2D eigenvalue weighted by atomic mass is 9.96. The van der Waals surface area contributed by atoms with Crippen LogP contribution in [0.4, 0.5) is 0 Å². The number of likely N-dealkylation sites (tertiary alicyclic amines) is 1. The molecule has 1 aliphatic heterocycles. The molecule has 1 heterocycles. The summed E-state index contributed by atoms with van der Waals surface area (Å²) < 4.78 is 1.14. The van der Waals surface area contributed by atoms with Crippen LogP contribution in [0.1, 0.15) is 44.7 Å². The molecule has 1 fully saturated rings. The summed E-state index contributed by atoms with van der Waals surface area (Å²) in [7, 11) is 0. The van der Waals surface area contributed by atoms with Gasteiger partial charge in [0.2, 0.25) is 0 Å². The molecule has 2 rings (SSSR count). The predicted octanol–water partition coefficient (Wildman–Crippen LogP) is 3.71. The lowest BCUT2D eigenvalue weighted by Crippen LogP contribution is -2.42. The van der Waals surface area contributed by atoms with Gasteiger partial charge >= 0.3 is 0 Å². The molecule has 2 nitrogen and oxygen atoms in total. The van der Waals surface area contributed by atoms with Gasteiger partial charge in [-0.05, 0) is 50.4 Å². The first-order chi connectivity index (χ1) is 8.63. The van der Waals surface area contributed by atoms with Crippen LogP contribution in [0.3, 0.4) is 0 Å². The largest absolute Gasteiger partial charge is 0.326 e. The standard InChI is InChI=1S/C15H23BrN2/c1-3-14(17)15(18-9-5-6-11(18)2)12-7-4-8-13(16)10-12/h4,7-8,10-11,14-15H,3,5-6,9,17H2,1-2H3. The van der Waals surface area contributed by atoms with E-state index in [1.165, 1.54) is 24.9 Å². The molecule has 1 saturated heterocycles. The van der Waals surface area contributed by atoms with Crippen molar-refractivity contribution in [3.63, 3.8) is 0 Å². The minimum Gasteiger partial charge on any atom is -0.326 e. The second-order valence-electron chi connectivity index (χ2n) is 5.30. The van der Waals surface area contributed by atoms with E-state index >= 15 is 0 Å². The molecule has 18 heavy (non-hydrogen) atoms. The summed E-state index contributed by atoms with van der Waals surface area (Å²) >= 11 is 3.57. The highest BCUT2D eigenvalue weighted by Gasteiger charge is 2.32. The van der Waals surface area contributed by atoms with E-state index < -0.39 is 0 Å². The summed E-state index contributed by atoms with van der Waals surface area (Å²) in [6, 6.07) is 9.80. The van der Waals surface area contributed by atoms with E-state index in [0.29, 0.717) is 12.1 Å². The molecule has 1 aromatic rings. The van der Waals surface area contributed by atoms with Gasteiger partial charge in [-0.3, -0.25) is 4.90 Å². The highest BCUT2D eigenvalue weighted by atomic mass is 79.9. The van der Waals surface area contributed by atoms with Gasteiger partial charge < -0.3 is 5.73 Å². The van der Waals surface area contributed by atoms with E-state index in [0.717, 1.165) is 10.9 Å². The Morgan fingerprint density at radius 3 is 2.83 bits per heavy atom. The summed E-state index contributed by atoms with van der Waals surface area (Å²) in [5.41, 5.74) is 7.72. The van der Waals surface area contributed by atoms with Gasteiger partial charge in [0, 0.05) is 16.6 Å². The van der Waals surface area contributed by atoms with Gasteiger partial charge in [0.1, 0.15) is 0 Å². The van der Waals surface area contributed by atoms with Crippen molar-refractivity contribution in [3.05, 3.63) is 34.3 Å². The number of nitrogens with two attached hydrogens (primary N) is 1. The third-order valence-corrected chi connectivity index (χ3v) is 4.52. The van der Waals surface area contributed by atoms with Gasteiger partial charge in [0.15, 0.2) is 0 Å². The van der Waals surface area contributed by atoms with E-state index in [2.05, 4.69) is 58.9 Å². The van der Waals surface area contributed by atoms with Crippen LogP contribution in [0.15, 0.2) is 28.7 Å². The minimum atomic E-state index is 0.208. The van der Waals surface area contributed by atoms with Crippen LogP contribution >= 0.6 is 15.9 Å². The maximum Gasteiger partial charge on any atom is 0.0502 e. The topological polar surface area (TPSA) is 29.3 Å². The molecule has 1 aliphatic rings. The zero-order valence-corrected chi connectivity index (χ0v) is 12.9. The number of nitrogens with zero attached hydrogens (tertiary/aromatic N) is 1. The Kier molecular flexibility index (Phi) is 4.82. The van der Waals surface area contributed by atoms with Crippen molar-refractivity contribution in [3.8, 4) is 0 Å². The first-order valence-corrected chi connectivity index (χ1v) is 7.69. The number of benzene rings is 1. The normalized spacial score (nSPS) is 24.1. The molecule has 0 aromatic heterocycles. The van der Waals surface area contributed by atoms with Crippen molar-refractivity contribution >= 4 is 15.9 Å². The second kappa shape index (κ2) is 6.18. The molecule has 0 amide bonds. The smallest absolute Gasteiger partial charge is 0.0502 e. The fourth-order valence-electron chi connectivity index (χ4n) is 2.97. The first kappa shape index (κ1) is 14.0. The zero-order valence-electron chi connectivity index (χ0n) is 11.3. The fourth-order valence-corrected chi connectivity index (χ4v) is 3.38. The molecule has 0 aliphatic carbocycles. The van der Waals surface area contributed by atoms with Gasteiger partial charge in [-0.2, -0.15) is 0 Å². The molecule has 3 unspecified atom stereocenters. The van der Waals surface area contributed by atoms with Crippen molar-refractivity contribution in [2.24, 2.45) is 5.73 Å². The zero-order chi connectivity index (χ0) is 13.1. The molecule has 0 bridgehead atoms. The highest BCUT2D eigenvalue weighted by molar-refractivity contribution is 9.10. The first-order valence-electron chi connectivity index (χ1n) is 6.90. The fraction of sp³-hybridized carbons (Fsp3) is 0.600. The highest BCUT2D eigenvalue weighted by Crippen LogP contribution is 2.33. The maximum absolute atomic E-state index is 6.38. The quantitative estimate of drug-likeness (QED) is 0.918. The molecule has 100 valence electrons. The van der Waals surface area contributed by atoms with Crippen molar-refractivity contribution < 1.29 is 0 Å². The van der Waals surface area contributed by atoms with E-state index in [4.69, 9.17) is 5.73 Å². The Labute approximate surface area is 119 Å². The van der Waals surface area contributed by atoms with Crippen LogP contribution in [0.25, 0.3) is 0 Å². The van der Waals surface area contributed by atoms with Crippen LogP contribution in [0.5, 0.6) is 0 Å². The molecule has 3 atom stereocenters. The maximum atomic E-state index is 6.38. The minimum absolute atomic E-state index is 0.208. The Balaban J connectivity index is 2.30. The predicted molar refractivity (Wildman–Crippen MR) is 80.6 cm³/mol. The molecule has 1 aromatic carbocycles. The summed E-state index contributed by atoms with van der Waals surface area (Å²) in [6.07, 6.45) is 3.60. The number of hydrogen-bond donors (Lipinski definition) is 1. The van der Waals surface area contributed by atoms with Crippen LogP contribution in [0, 0.1) is 0 Å². The molecular formula is C15H23BrN2. The third kappa shape index (κ3) is 2.95. The lowest BCUT2D eigenvalue weighted by Gasteiger charge is -2.35. The van der Waals surface area contributed by atoms with E-state index in [-0.39, 0.29) is 6.04 Å². The van der Waals surface area contributed by atoms with Crippen molar-refractivity contribution in [1.29, 1.82) is 0 Å². The molecule has 2 N–H and O–H groups in total. The monoisotopic (exact) mass is 310 g/mol. The summed E-state index contributed by atoms with van der Waals surface area (Å²) in [5, 5.41) is 0. The van der Waals surface area contributed by atoms with Gasteiger partial charge in [0.05, 0.1) is 6.04 Å². The van der Waals surface area contributed by atoms with Gasteiger partial charge in [-0.15, -0.1) is 0 Å². The van der Waals surface area contributed by atoms with Crippen LogP contribution in [-0.2, 0) is 0 Å². The van der Waals surface area contributed by atoms with Crippen molar-refractivity contribution in [2.75, 3.05) is 6.54 Å². The second-order valence-corrected chi connectivity index (χ2v) is 6.22. The van der Waals surface area contributed by atoms with Gasteiger partial charge in [-0.1, -0.05) is 35.0 Å². The Morgan fingerprint density at radius 2 is 2.28 bits per heavy atom. The van der Waals surface area contributed by atoms with Crippen LogP contribution < -0.4 is 5.73 Å². The Bertz CT molecular complexity index is 394. The number of rotatable bonds is 4. The lowest BCUT2D eigenvalue weighted by molar-refractivity contribution is 0.163. The average molecular weight is 311 g/mol. The van der Waals surface area contributed by atoms with Gasteiger partial charge in [-0.25, -0.2) is 0 Å². The molecule has 0 spiro atoms. The van der Waals surface area contributed by atoms with Crippen LogP contribution in [-0.4, -0.2) is 23.5 Å². The van der Waals surface area contributed by atoms with Crippen molar-refractivity contribution in [1.82, 2.24) is 4.90 Å². The van der Waals surface area contributed by atoms with E-state index in [9.17, 15) is 0 Å². The van der Waals surface area contributed by atoms with Crippen LogP contribution in [0.2, 0.25) is 0 Å². The third-order valence-electron chi connectivity index (χ3n) is 4.03. The Hall–Kier alpha value is -0.380. The Morgan fingerprint density at radius 1 is 1.50 bits per heavy atom. The average Bonchev–Trinajstić information content (AvgIpc) is 2.76. The summed E-state index contributed by atoms with van der Waals surface area (Å²) in [5.74, 6) is 0. The van der Waals surface area contributed by atoms with E-state index in [1.807, 2.05) is 0 Å². The number of hydrogen-bond acceptors (Lipinski definition) is 2. The molecule has 0 radical (unpaired) electrons. The number of halogens is 1. The molecule has 0 saturated carbocycles. The summed E-state index contributed by atoms with van der Waals surface area (Å²) in [4.78, 5) is 2.58. The SMILES string of the molecule is CCC(N)C(c1cccc(Br)c1)N1CCCC1C. The summed E-state index contributed by atoms with van der Waals surface area (Å²) in [6.45, 7) is 5.67.